The van der Waals surface area contributed by atoms with Gasteiger partial charge in [0.05, 0.1) is 15.4 Å². The normalized spacial score (nSPS) is 18.8. The lowest BCUT2D eigenvalue weighted by Crippen LogP contribution is -2.48. The molecule has 0 aromatic heterocycles. The van der Waals surface area contributed by atoms with Gasteiger partial charge < -0.3 is 10.1 Å². The molecule has 0 heterocycles. The molecule has 1 aromatic rings. The third-order valence-corrected chi connectivity index (χ3v) is 5.41. The first-order chi connectivity index (χ1) is 13.3. The largest absolute Gasteiger partial charge is 0.452 e. The fourth-order valence-corrected chi connectivity index (χ4v) is 3.62. The van der Waals surface area contributed by atoms with E-state index in [-0.39, 0.29) is 17.3 Å². The van der Waals surface area contributed by atoms with Crippen LogP contribution in [0.25, 0.3) is 0 Å². The molecular formula is C18H23N3O6S. The molecule has 9 nitrogen and oxygen atoms in total. The highest BCUT2D eigenvalue weighted by Crippen LogP contribution is 2.28. The molecule has 0 bridgehead atoms. The van der Waals surface area contributed by atoms with E-state index in [1.165, 1.54) is 23.9 Å². The van der Waals surface area contributed by atoms with Gasteiger partial charge in [-0.25, -0.2) is 9.59 Å². The Morgan fingerprint density at radius 1 is 1.29 bits per heavy atom. The maximum absolute atomic E-state index is 12.0. The quantitative estimate of drug-likeness (QED) is 0.320. The lowest BCUT2D eigenvalue weighted by Gasteiger charge is -2.29. The van der Waals surface area contributed by atoms with Crippen LogP contribution in [0, 0.1) is 16.0 Å². The molecule has 152 valence electrons. The summed E-state index contributed by atoms with van der Waals surface area (Å²) in [5, 5.41) is 15.9. The number of hydrogen-bond donors (Lipinski definition) is 2. The smallest absolute Gasteiger partial charge is 0.338 e. The van der Waals surface area contributed by atoms with Gasteiger partial charge in [0.15, 0.2) is 6.61 Å². The lowest BCUT2D eigenvalue weighted by molar-refractivity contribution is -0.387. The zero-order valence-corrected chi connectivity index (χ0v) is 16.5. The number of amides is 3. The Labute approximate surface area is 166 Å². The van der Waals surface area contributed by atoms with Crippen LogP contribution in [0.15, 0.2) is 23.1 Å². The Morgan fingerprint density at radius 2 is 2.00 bits per heavy atom. The molecule has 0 radical (unpaired) electrons. The summed E-state index contributed by atoms with van der Waals surface area (Å²) in [6.07, 6.45) is 5.73. The van der Waals surface area contributed by atoms with E-state index in [1.807, 2.05) is 0 Å². The molecule has 1 aromatic carbocycles. The summed E-state index contributed by atoms with van der Waals surface area (Å²) in [6, 6.07) is 3.32. The van der Waals surface area contributed by atoms with Crippen molar-refractivity contribution in [2.75, 3.05) is 12.9 Å². The van der Waals surface area contributed by atoms with Gasteiger partial charge in [0.25, 0.3) is 11.6 Å². The number of rotatable bonds is 6. The van der Waals surface area contributed by atoms with Gasteiger partial charge in [-0.15, -0.1) is 11.8 Å². The summed E-state index contributed by atoms with van der Waals surface area (Å²) in [6.45, 7) is 1.39. The molecule has 2 N–H and O–H groups in total. The Morgan fingerprint density at radius 3 is 2.64 bits per heavy atom. The van der Waals surface area contributed by atoms with E-state index in [0.29, 0.717) is 10.8 Å². The van der Waals surface area contributed by atoms with Crippen LogP contribution in [-0.2, 0) is 9.53 Å². The zero-order valence-electron chi connectivity index (χ0n) is 15.7. The SMILES string of the molecule is CSc1ccc(C(=O)OCC(=O)NC(=O)N[C@@H]2CCCC[C@@H]2C)cc1[N+](=O)[O-]. The minimum Gasteiger partial charge on any atom is -0.452 e. The van der Waals surface area contributed by atoms with Crippen molar-refractivity contribution in [1.82, 2.24) is 10.6 Å². The Kier molecular flexibility index (Phi) is 7.80. The minimum absolute atomic E-state index is 0.0135. The van der Waals surface area contributed by atoms with Crippen LogP contribution < -0.4 is 10.6 Å². The standard InChI is InChI=1S/C18H23N3O6S/c1-11-5-3-4-6-13(11)19-18(24)20-16(22)10-27-17(23)12-7-8-15(28-2)14(9-12)21(25)26/h7-9,11,13H,3-6,10H2,1-2H3,(H2,19,20,22,24)/t11-,13+/m0/s1. The van der Waals surface area contributed by atoms with Gasteiger partial charge in [-0.05, 0) is 37.1 Å². The molecule has 0 unspecified atom stereocenters. The molecule has 1 fully saturated rings. The predicted octanol–water partition coefficient (Wildman–Crippen LogP) is 2.88. The Bertz CT molecular complexity index is 770. The van der Waals surface area contributed by atoms with Crippen molar-refractivity contribution in [1.29, 1.82) is 0 Å². The van der Waals surface area contributed by atoms with Crippen LogP contribution in [-0.4, -0.2) is 41.7 Å². The molecule has 1 aliphatic rings. The van der Waals surface area contributed by atoms with Crippen molar-refractivity contribution in [3.8, 4) is 0 Å². The van der Waals surface area contributed by atoms with E-state index in [0.717, 1.165) is 31.7 Å². The first kappa shape index (κ1) is 21.7. The van der Waals surface area contributed by atoms with E-state index in [9.17, 15) is 24.5 Å². The van der Waals surface area contributed by atoms with Crippen molar-refractivity contribution in [2.24, 2.45) is 5.92 Å². The van der Waals surface area contributed by atoms with E-state index in [2.05, 4.69) is 17.6 Å². The van der Waals surface area contributed by atoms with E-state index in [1.54, 1.807) is 6.26 Å². The van der Waals surface area contributed by atoms with Gasteiger partial charge in [-0.1, -0.05) is 19.8 Å². The topological polar surface area (TPSA) is 128 Å². The number of carbonyl (C=O) groups is 3. The monoisotopic (exact) mass is 409 g/mol. The summed E-state index contributed by atoms with van der Waals surface area (Å²) < 4.78 is 4.85. The maximum Gasteiger partial charge on any atom is 0.338 e. The van der Waals surface area contributed by atoms with Crippen LogP contribution in [0.4, 0.5) is 10.5 Å². The van der Waals surface area contributed by atoms with Crippen LogP contribution in [0.1, 0.15) is 43.0 Å². The highest BCUT2D eigenvalue weighted by molar-refractivity contribution is 7.98. The summed E-state index contributed by atoms with van der Waals surface area (Å²) >= 11 is 1.18. The molecule has 0 aliphatic heterocycles. The fourth-order valence-electron chi connectivity index (χ4n) is 3.07. The first-order valence-electron chi connectivity index (χ1n) is 8.91. The summed E-state index contributed by atoms with van der Waals surface area (Å²) in [5.41, 5.74) is -0.259. The number of benzene rings is 1. The second kappa shape index (κ2) is 10.1. The van der Waals surface area contributed by atoms with E-state index < -0.39 is 29.4 Å². The minimum atomic E-state index is -0.882. The van der Waals surface area contributed by atoms with Crippen molar-refractivity contribution in [2.45, 2.75) is 43.5 Å². The average molecular weight is 409 g/mol. The number of nitrogens with one attached hydrogen (secondary N) is 2. The number of ether oxygens (including phenoxy) is 1. The molecule has 2 atom stereocenters. The summed E-state index contributed by atoms with van der Waals surface area (Å²) in [4.78, 5) is 46.7. The third kappa shape index (κ3) is 5.95. The number of carbonyl (C=O) groups excluding carboxylic acids is 3. The number of hydrogen-bond acceptors (Lipinski definition) is 7. The number of urea groups is 1. The lowest BCUT2D eigenvalue weighted by atomic mass is 9.86. The third-order valence-electron chi connectivity index (χ3n) is 4.63. The van der Waals surface area contributed by atoms with Crippen molar-refractivity contribution in [3.63, 3.8) is 0 Å². The second-order valence-electron chi connectivity index (χ2n) is 6.61. The van der Waals surface area contributed by atoms with Crippen LogP contribution in [0.3, 0.4) is 0 Å². The molecule has 28 heavy (non-hydrogen) atoms. The van der Waals surface area contributed by atoms with Crippen molar-refractivity contribution >= 4 is 35.4 Å². The first-order valence-corrected chi connectivity index (χ1v) is 10.1. The number of thioether (sulfide) groups is 1. The summed E-state index contributed by atoms with van der Waals surface area (Å²) in [5.74, 6) is -1.32. The number of imide groups is 1. The summed E-state index contributed by atoms with van der Waals surface area (Å²) in [7, 11) is 0. The van der Waals surface area contributed by atoms with E-state index >= 15 is 0 Å². The number of nitro benzene ring substituents is 1. The van der Waals surface area contributed by atoms with Crippen LogP contribution in [0.5, 0.6) is 0 Å². The molecule has 0 spiro atoms. The molecule has 10 heteroatoms. The molecule has 2 rings (SSSR count). The second-order valence-corrected chi connectivity index (χ2v) is 7.46. The van der Waals surface area contributed by atoms with Gasteiger partial charge in [0.2, 0.25) is 0 Å². The molecule has 3 amide bonds. The molecule has 1 aliphatic carbocycles. The zero-order chi connectivity index (χ0) is 20.7. The Hall–Kier alpha value is -2.62. The van der Waals surface area contributed by atoms with Gasteiger partial charge in [-0.2, -0.15) is 0 Å². The van der Waals surface area contributed by atoms with E-state index in [4.69, 9.17) is 4.74 Å². The average Bonchev–Trinajstić information content (AvgIpc) is 2.67. The maximum atomic E-state index is 12.0. The van der Waals surface area contributed by atoms with Gasteiger partial charge >= 0.3 is 12.0 Å². The predicted molar refractivity (Wildman–Crippen MR) is 103 cm³/mol. The van der Waals surface area contributed by atoms with Crippen LogP contribution in [0.2, 0.25) is 0 Å². The number of nitro groups is 1. The van der Waals surface area contributed by atoms with Crippen molar-refractivity contribution in [3.05, 3.63) is 33.9 Å². The highest BCUT2D eigenvalue weighted by atomic mass is 32.2. The molecular weight excluding hydrogens is 386 g/mol. The number of esters is 1. The highest BCUT2D eigenvalue weighted by Gasteiger charge is 2.24. The van der Waals surface area contributed by atoms with Crippen LogP contribution >= 0.6 is 11.8 Å². The Balaban J connectivity index is 1.85. The van der Waals surface area contributed by atoms with Gasteiger partial charge in [0, 0.05) is 12.1 Å². The van der Waals surface area contributed by atoms with Gasteiger partial charge in [-0.3, -0.25) is 20.2 Å². The van der Waals surface area contributed by atoms with Crippen molar-refractivity contribution < 1.29 is 24.0 Å². The fraction of sp³-hybridized carbons (Fsp3) is 0.500. The number of nitrogens with zero attached hydrogens (tertiary/aromatic N) is 1. The molecule has 0 saturated heterocycles. The van der Waals surface area contributed by atoms with Gasteiger partial charge in [0.1, 0.15) is 0 Å². The molecule has 1 saturated carbocycles.